The number of rotatable bonds is 6. The van der Waals surface area contributed by atoms with Crippen molar-refractivity contribution >= 4 is 29.0 Å². The van der Waals surface area contributed by atoms with Crippen molar-refractivity contribution in [2.24, 2.45) is 0 Å². The number of fused-ring (bicyclic) bond motifs is 1. The van der Waals surface area contributed by atoms with Crippen LogP contribution in [0, 0.1) is 0 Å². The molecule has 0 bridgehead atoms. The van der Waals surface area contributed by atoms with Gasteiger partial charge in [-0.1, -0.05) is 18.2 Å². The number of likely N-dealkylation sites (N-methyl/N-ethyl adjacent to an activating group) is 1. The maximum atomic E-state index is 11.5. The van der Waals surface area contributed by atoms with Crippen molar-refractivity contribution in [2.45, 2.75) is 18.9 Å². The molecule has 2 N–H and O–H groups in total. The fourth-order valence-corrected chi connectivity index (χ4v) is 3.44. The third-order valence-corrected chi connectivity index (χ3v) is 4.86. The molecule has 1 atom stereocenters. The maximum absolute atomic E-state index is 11.5. The van der Waals surface area contributed by atoms with E-state index < -0.39 is 0 Å². The van der Waals surface area contributed by atoms with Gasteiger partial charge >= 0.3 is 0 Å². The van der Waals surface area contributed by atoms with Crippen LogP contribution in [0.3, 0.4) is 0 Å². The molecule has 8 heteroatoms. The van der Waals surface area contributed by atoms with Crippen molar-refractivity contribution in [3.63, 3.8) is 0 Å². The van der Waals surface area contributed by atoms with Crippen molar-refractivity contribution in [3.8, 4) is 5.75 Å². The summed E-state index contributed by atoms with van der Waals surface area (Å²) in [6.45, 7) is 1.45. The molecule has 28 heavy (non-hydrogen) atoms. The molecule has 1 amide bonds. The van der Waals surface area contributed by atoms with Gasteiger partial charge in [0.15, 0.2) is 11.5 Å². The Morgan fingerprint density at radius 1 is 1.36 bits per heavy atom. The molecule has 2 aromatic heterocycles. The van der Waals surface area contributed by atoms with Gasteiger partial charge in [-0.2, -0.15) is 0 Å². The Morgan fingerprint density at radius 3 is 3.14 bits per heavy atom. The lowest BCUT2D eigenvalue weighted by Crippen LogP contribution is -2.35. The predicted molar refractivity (Wildman–Crippen MR) is 107 cm³/mol. The van der Waals surface area contributed by atoms with Gasteiger partial charge in [0.1, 0.15) is 24.2 Å². The number of para-hydroxylation sites is 1. The van der Waals surface area contributed by atoms with Crippen molar-refractivity contribution in [3.05, 3.63) is 48.6 Å². The van der Waals surface area contributed by atoms with E-state index in [9.17, 15) is 4.79 Å². The highest BCUT2D eigenvalue weighted by Gasteiger charge is 2.28. The second kappa shape index (κ2) is 8.08. The summed E-state index contributed by atoms with van der Waals surface area (Å²) in [4.78, 5) is 29.8. The van der Waals surface area contributed by atoms with Crippen LogP contribution in [-0.4, -0.2) is 52.1 Å². The Kier molecular flexibility index (Phi) is 5.18. The van der Waals surface area contributed by atoms with Crippen molar-refractivity contribution in [2.75, 3.05) is 25.1 Å². The summed E-state index contributed by atoms with van der Waals surface area (Å²) in [5.74, 6) is 1.47. The van der Waals surface area contributed by atoms with E-state index in [1.165, 1.54) is 6.08 Å². The standard InChI is InChI=1S/C20H22N6O2/c1-21-17(27)9-8-14-5-2-3-7-16(14)28-11-15-6-4-10-26(15)20-18-19(23-12-22-18)24-13-25-20/h2-3,5,7-9,12-13,15H,4,6,10-11H2,1H3,(H,21,27)(H,22,23,24,25). The fraction of sp³-hybridized carbons (Fsp3) is 0.300. The van der Waals surface area contributed by atoms with E-state index >= 15 is 0 Å². The van der Waals surface area contributed by atoms with Crippen LogP contribution in [0.1, 0.15) is 18.4 Å². The first-order valence-electron chi connectivity index (χ1n) is 9.28. The minimum atomic E-state index is -0.149. The largest absolute Gasteiger partial charge is 0.491 e. The lowest BCUT2D eigenvalue weighted by molar-refractivity contribution is -0.115. The Balaban J connectivity index is 1.50. The first-order valence-corrected chi connectivity index (χ1v) is 9.28. The third kappa shape index (κ3) is 3.66. The van der Waals surface area contributed by atoms with E-state index in [0.717, 1.165) is 42.0 Å². The van der Waals surface area contributed by atoms with Crippen LogP contribution < -0.4 is 15.0 Å². The average molecular weight is 378 g/mol. The van der Waals surface area contributed by atoms with E-state index in [1.807, 2.05) is 24.3 Å². The predicted octanol–water partition coefficient (Wildman–Crippen LogP) is 2.16. The van der Waals surface area contributed by atoms with Gasteiger partial charge in [0.2, 0.25) is 5.91 Å². The average Bonchev–Trinajstić information content (AvgIpc) is 3.40. The van der Waals surface area contributed by atoms with Gasteiger partial charge in [-0.3, -0.25) is 4.79 Å². The second-order valence-corrected chi connectivity index (χ2v) is 6.58. The molecule has 1 aliphatic heterocycles. The first-order chi connectivity index (χ1) is 13.8. The van der Waals surface area contributed by atoms with E-state index in [4.69, 9.17) is 4.74 Å². The van der Waals surface area contributed by atoms with Crippen LogP contribution in [0.5, 0.6) is 5.75 Å². The van der Waals surface area contributed by atoms with Crippen molar-refractivity contribution in [1.82, 2.24) is 25.3 Å². The number of imidazole rings is 1. The molecule has 0 radical (unpaired) electrons. The van der Waals surface area contributed by atoms with Crippen LogP contribution in [0.4, 0.5) is 5.82 Å². The van der Waals surface area contributed by atoms with Gasteiger partial charge in [-0.05, 0) is 25.0 Å². The number of benzene rings is 1. The number of anilines is 1. The third-order valence-electron chi connectivity index (χ3n) is 4.86. The summed E-state index contributed by atoms with van der Waals surface area (Å²) in [5, 5.41) is 2.57. The topological polar surface area (TPSA) is 96.0 Å². The van der Waals surface area contributed by atoms with Gasteiger partial charge in [0, 0.05) is 25.2 Å². The molecular formula is C20H22N6O2. The van der Waals surface area contributed by atoms with Crippen LogP contribution in [0.25, 0.3) is 17.2 Å². The SMILES string of the molecule is CNC(=O)C=Cc1ccccc1OCC1CCCN1c1ncnc2nc[nH]c12. The Labute approximate surface area is 162 Å². The number of amides is 1. The fourth-order valence-electron chi connectivity index (χ4n) is 3.44. The van der Waals surface area contributed by atoms with Crippen molar-refractivity contribution in [1.29, 1.82) is 0 Å². The number of hydrogen-bond acceptors (Lipinski definition) is 6. The number of nitrogens with one attached hydrogen (secondary N) is 2. The summed E-state index contributed by atoms with van der Waals surface area (Å²) in [5.41, 5.74) is 2.39. The first kappa shape index (κ1) is 18.0. The number of ether oxygens (including phenoxy) is 1. The highest BCUT2D eigenvalue weighted by atomic mass is 16.5. The second-order valence-electron chi connectivity index (χ2n) is 6.58. The number of aromatic amines is 1. The quantitative estimate of drug-likeness (QED) is 0.638. The summed E-state index contributed by atoms with van der Waals surface area (Å²) in [6.07, 6.45) is 8.55. The van der Waals surface area contributed by atoms with Crippen LogP contribution >= 0.6 is 0 Å². The number of aromatic nitrogens is 4. The van der Waals surface area contributed by atoms with Crippen LogP contribution in [0.2, 0.25) is 0 Å². The van der Waals surface area contributed by atoms with Gasteiger partial charge in [-0.25, -0.2) is 15.0 Å². The monoisotopic (exact) mass is 378 g/mol. The zero-order chi connectivity index (χ0) is 19.3. The van der Waals surface area contributed by atoms with Crippen LogP contribution in [-0.2, 0) is 4.79 Å². The smallest absolute Gasteiger partial charge is 0.243 e. The van der Waals surface area contributed by atoms with E-state index in [1.54, 1.807) is 25.8 Å². The summed E-state index contributed by atoms with van der Waals surface area (Å²) < 4.78 is 6.14. The molecule has 1 aliphatic rings. The molecule has 4 rings (SSSR count). The Bertz CT molecular complexity index is 999. The maximum Gasteiger partial charge on any atom is 0.243 e. The van der Waals surface area contributed by atoms with Crippen molar-refractivity contribution < 1.29 is 9.53 Å². The van der Waals surface area contributed by atoms with Gasteiger partial charge in [-0.15, -0.1) is 0 Å². The normalized spacial score (nSPS) is 16.8. The zero-order valence-electron chi connectivity index (χ0n) is 15.6. The highest BCUT2D eigenvalue weighted by Crippen LogP contribution is 2.29. The lowest BCUT2D eigenvalue weighted by atomic mass is 10.2. The van der Waals surface area contributed by atoms with Gasteiger partial charge in [0.25, 0.3) is 0 Å². The van der Waals surface area contributed by atoms with Gasteiger partial charge < -0.3 is 19.9 Å². The summed E-state index contributed by atoms with van der Waals surface area (Å²) in [7, 11) is 1.60. The summed E-state index contributed by atoms with van der Waals surface area (Å²) >= 11 is 0. The molecule has 0 saturated carbocycles. The number of H-pyrrole nitrogens is 1. The molecule has 0 spiro atoms. The lowest BCUT2D eigenvalue weighted by Gasteiger charge is -2.26. The Morgan fingerprint density at radius 2 is 2.25 bits per heavy atom. The molecular weight excluding hydrogens is 356 g/mol. The highest BCUT2D eigenvalue weighted by molar-refractivity contribution is 5.91. The molecule has 144 valence electrons. The minimum Gasteiger partial charge on any atom is -0.491 e. The molecule has 3 heterocycles. The summed E-state index contributed by atoms with van der Waals surface area (Å²) in [6, 6.07) is 7.91. The van der Waals surface area contributed by atoms with Crippen LogP contribution in [0.15, 0.2) is 43.0 Å². The number of carbonyl (C=O) groups is 1. The molecule has 0 aliphatic carbocycles. The minimum absolute atomic E-state index is 0.149. The molecule has 1 fully saturated rings. The number of nitrogens with zero attached hydrogens (tertiary/aromatic N) is 4. The Hall–Kier alpha value is -3.42. The molecule has 1 saturated heterocycles. The van der Waals surface area contributed by atoms with Gasteiger partial charge in [0.05, 0.1) is 12.4 Å². The molecule has 1 unspecified atom stereocenters. The number of hydrogen-bond donors (Lipinski definition) is 2. The van der Waals surface area contributed by atoms with E-state index in [-0.39, 0.29) is 11.9 Å². The van der Waals surface area contributed by atoms with E-state index in [2.05, 4.69) is 30.2 Å². The molecule has 1 aromatic carbocycles. The van der Waals surface area contributed by atoms with E-state index in [0.29, 0.717) is 12.3 Å². The molecule has 3 aromatic rings. The number of carbonyl (C=O) groups excluding carboxylic acids is 1. The zero-order valence-corrected chi connectivity index (χ0v) is 15.6. The molecule has 8 nitrogen and oxygen atoms in total.